The molecule has 0 unspecified atom stereocenters. The highest BCUT2D eigenvalue weighted by molar-refractivity contribution is 7.12. The number of aryl methyl sites for hydroxylation is 1. The Morgan fingerprint density at radius 2 is 2.12 bits per heavy atom. The summed E-state index contributed by atoms with van der Waals surface area (Å²) >= 11 is 1.52. The van der Waals surface area contributed by atoms with Gasteiger partial charge in [-0.3, -0.25) is 4.79 Å². The van der Waals surface area contributed by atoms with E-state index in [0.717, 1.165) is 48.1 Å². The molecule has 4 rings (SSSR count). The fourth-order valence-corrected chi connectivity index (χ4v) is 4.46. The van der Waals surface area contributed by atoms with E-state index in [-0.39, 0.29) is 12.0 Å². The van der Waals surface area contributed by atoms with E-state index in [1.807, 2.05) is 41.6 Å². The predicted molar refractivity (Wildman–Crippen MR) is 99.7 cm³/mol. The first-order valence-electron chi connectivity index (χ1n) is 8.92. The number of aromatic nitrogens is 1. The zero-order valence-electron chi connectivity index (χ0n) is 14.5. The molecule has 2 aromatic rings. The first-order valence-corrected chi connectivity index (χ1v) is 9.80. The maximum Gasteiger partial charge on any atom is 0.264 e. The molecule has 2 aliphatic heterocycles. The number of likely N-dealkylation sites (tertiary alicyclic amines) is 1. The van der Waals surface area contributed by atoms with Gasteiger partial charge in [0, 0.05) is 32.3 Å². The lowest BCUT2D eigenvalue weighted by molar-refractivity contribution is 0.0776. The maximum atomic E-state index is 12.7. The van der Waals surface area contributed by atoms with E-state index in [1.165, 1.54) is 24.2 Å². The van der Waals surface area contributed by atoms with E-state index in [2.05, 4.69) is 9.88 Å². The SMILES string of the molecule is Cc1ccsc1C(=O)N1CC[C@H](Oc2cccnc2N2CCCC2)C1. The van der Waals surface area contributed by atoms with Gasteiger partial charge in [-0.2, -0.15) is 0 Å². The molecule has 0 saturated carbocycles. The fraction of sp³-hybridized carbons (Fsp3) is 0.474. The van der Waals surface area contributed by atoms with Gasteiger partial charge in [0.25, 0.3) is 5.91 Å². The molecule has 0 radical (unpaired) electrons. The second kappa shape index (κ2) is 7.04. The van der Waals surface area contributed by atoms with Crippen LogP contribution in [0.5, 0.6) is 5.75 Å². The number of carbonyl (C=O) groups is 1. The normalized spacial score (nSPS) is 20.3. The summed E-state index contributed by atoms with van der Waals surface area (Å²) in [5.41, 5.74) is 1.06. The number of ether oxygens (including phenoxy) is 1. The molecule has 0 N–H and O–H groups in total. The molecule has 2 saturated heterocycles. The van der Waals surface area contributed by atoms with Crippen LogP contribution in [0, 0.1) is 6.92 Å². The van der Waals surface area contributed by atoms with E-state index in [4.69, 9.17) is 4.74 Å². The fourth-order valence-electron chi connectivity index (χ4n) is 3.56. The second-order valence-corrected chi connectivity index (χ2v) is 7.65. The van der Waals surface area contributed by atoms with Crippen molar-refractivity contribution in [3.63, 3.8) is 0 Å². The van der Waals surface area contributed by atoms with Crippen LogP contribution in [0.3, 0.4) is 0 Å². The summed E-state index contributed by atoms with van der Waals surface area (Å²) in [5, 5.41) is 1.98. The van der Waals surface area contributed by atoms with Gasteiger partial charge < -0.3 is 14.5 Å². The first kappa shape index (κ1) is 16.4. The van der Waals surface area contributed by atoms with Gasteiger partial charge in [0.1, 0.15) is 6.10 Å². The minimum absolute atomic E-state index is 0.0368. The van der Waals surface area contributed by atoms with Crippen LogP contribution in [0.1, 0.15) is 34.5 Å². The summed E-state index contributed by atoms with van der Waals surface area (Å²) < 4.78 is 6.25. The van der Waals surface area contributed by atoms with Gasteiger partial charge >= 0.3 is 0 Å². The molecule has 2 aliphatic rings. The number of pyridine rings is 1. The highest BCUT2D eigenvalue weighted by Crippen LogP contribution is 2.31. The molecule has 0 aliphatic carbocycles. The van der Waals surface area contributed by atoms with Crippen LogP contribution in [0.15, 0.2) is 29.8 Å². The maximum absolute atomic E-state index is 12.7. The van der Waals surface area contributed by atoms with Crippen LogP contribution in [0.4, 0.5) is 5.82 Å². The Labute approximate surface area is 152 Å². The van der Waals surface area contributed by atoms with Gasteiger partial charge in [-0.25, -0.2) is 4.98 Å². The Balaban J connectivity index is 1.43. The average Bonchev–Trinajstić information content (AvgIpc) is 3.36. The lowest BCUT2D eigenvalue weighted by Crippen LogP contribution is -2.31. The van der Waals surface area contributed by atoms with Crippen LogP contribution >= 0.6 is 11.3 Å². The molecule has 1 amide bonds. The van der Waals surface area contributed by atoms with Gasteiger partial charge in [-0.05, 0) is 48.9 Å². The molecule has 4 heterocycles. The van der Waals surface area contributed by atoms with Crippen molar-refractivity contribution in [3.05, 3.63) is 40.2 Å². The van der Waals surface area contributed by atoms with Crippen LogP contribution in [-0.2, 0) is 0 Å². The lowest BCUT2D eigenvalue weighted by atomic mass is 10.3. The zero-order chi connectivity index (χ0) is 17.2. The van der Waals surface area contributed by atoms with Crippen LogP contribution in [-0.4, -0.2) is 48.1 Å². The Bertz CT molecular complexity index is 755. The topological polar surface area (TPSA) is 45.7 Å². The third-order valence-electron chi connectivity index (χ3n) is 4.94. The van der Waals surface area contributed by atoms with Gasteiger partial charge in [0.2, 0.25) is 0 Å². The van der Waals surface area contributed by atoms with Crippen molar-refractivity contribution >= 4 is 23.1 Å². The molecular formula is C19H23N3O2S. The largest absolute Gasteiger partial charge is 0.485 e. The minimum Gasteiger partial charge on any atom is -0.485 e. The monoisotopic (exact) mass is 357 g/mol. The highest BCUT2D eigenvalue weighted by Gasteiger charge is 2.30. The number of anilines is 1. The molecule has 25 heavy (non-hydrogen) atoms. The van der Waals surface area contributed by atoms with E-state index in [9.17, 15) is 4.79 Å². The summed E-state index contributed by atoms with van der Waals surface area (Å²) in [6.45, 7) is 5.47. The number of nitrogens with zero attached hydrogens (tertiary/aromatic N) is 3. The molecule has 6 heteroatoms. The standard InChI is InChI=1S/C19H23N3O2S/c1-14-7-12-25-17(14)19(23)22-11-6-15(13-22)24-16-5-4-8-20-18(16)21-9-2-3-10-21/h4-5,7-8,12,15H,2-3,6,9-11,13H2,1H3/t15-/m0/s1. The summed E-state index contributed by atoms with van der Waals surface area (Å²) in [4.78, 5) is 22.2. The molecule has 1 atom stereocenters. The summed E-state index contributed by atoms with van der Waals surface area (Å²) in [7, 11) is 0. The second-order valence-electron chi connectivity index (χ2n) is 6.73. The molecule has 132 valence electrons. The number of hydrogen-bond acceptors (Lipinski definition) is 5. The number of amides is 1. The molecule has 2 fully saturated rings. The summed E-state index contributed by atoms with van der Waals surface area (Å²) in [5.74, 6) is 1.92. The van der Waals surface area contributed by atoms with Crippen molar-refractivity contribution in [1.29, 1.82) is 0 Å². The number of rotatable bonds is 4. The van der Waals surface area contributed by atoms with E-state index in [0.29, 0.717) is 6.54 Å². The Morgan fingerprint density at radius 3 is 2.88 bits per heavy atom. The molecule has 5 nitrogen and oxygen atoms in total. The Kier molecular flexibility index (Phi) is 4.61. The van der Waals surface area contributed by atoms with Crippen molar-refractivity contribution in [1.82, 2.24) is 9.88 Å². The van der Waals surface area contributed by atoms with Gasteiger partial charge in [-0.1, -0.05) is 0 Å². The minimum atomic E-state index is 0.0368. The van der Waals surface area contributed by atoms with Crippen LogP contribution < -0.4 is 9.64 Å². The number of carbonyl (C=O) groups excluding carboxylic acids is 1. The van der Waals surface area contributed by atoms with Crippen molar-refractivity contribution in [3.8, 4) is 5.75 Å². The van der Waals surface area contributed by atoms with E-state index < -0.39 is 0 Å². The van der Waals surface area contributed by atoms with E-state index >= 15 is 0 Å². The quantitative estimate of drug-likeness (QED) is 0.842. The molecular weight excluding hydrogens is 334 g/mol. The Hall–Kier alpha value is -2.08. The summed E-state index contributed by atoms with van der Waals surface area (Å²) in [6.07, 6.45) is 5.15. The van der Waals surface area contributed by atoms with Crippen LogP contribution in [0.2, 0.25) is 0 Å². The molecule has 0 spiro atoms. The van der Waals surface area contributed by atoms with Crippen molar-refractivity contribution in [2.45, 2.75) is 32.3 Å². The van der Waals surface area contributed by atoms with Crippen molar-refractivity contribution < 1.29 is 9.53 Å². The van der Waals surface area contributed by atoms with Gasteiger partial charge in [0.15, 0.2) is 11.6 Å². The highest BCUT2D eigenvalue weighted by atomic mass is 32.1. The van der Waals surface area contributed by atoms with Gasteiger partial charge in [0.05, 0.1) is 11.4 Å². The number of hydrogen-bond donors (Lipinski definition) is 0. The predicted octanol–water partition coefficient (Wildman–Crippen LogP) is 3.35. The lowest BCUT2D eigenvalue weighted by Gasteiger charge is -2.22. The molecule has 2 aromatic heterocycles. The van der Waals surface area contributed by atoms with Crippen molar-refractivity contribution in [2.24, 2.45) is 0 Å². The van der Waals surface area contributed by atoms with Crippen molar-refractivity contribution in [2.75, 3.05) is 31.1 Å². The molecule has 0 aromatic carbocycles. The molecule has 0 bridgehead atoms. The smallest absolute Gasteiger partial charge is 0.264 e. The average molecular weight is 357 g/mol. The van der Waals surface area contributed by atoms with Gasteiger partial charge in [-0.15, -0.1) is 11.3 Å². The number of thiophene rings is 1. The zero-order valence-corrected chi connectivity index (χ0v) is 15.3. The Morgan fingerprint density at radius 1 is 1.28 bits per heavy atom. The van der Waals surface area contributed by atoms with E-state index in [1.54, 1.807) is 0 Å². The third kappa shape index (κ3) is 3.35. The third-order valence-corrected chi connectivity index (χ3v) is 5.94. The first-order chi connectivity index (χ1) is 12.2. The summed E-state index contributed by atoms with van der Waals surface area (Å²) in [6, 6.07) is 5.91. The van der Waals surface area contributed by atoms with Crippen LogP contribution in [0.25, 0.3) is 0 Å².